The number of nitrogen functional groups attached to an aromatic ring is 1. The number of nitrogens with one attached hydrogen (secondary N) is 1. The first-order valence-electron chi connectivity index (χ1n) is 6.51. The highest BCUT2D eigenvalue weighted by atomic mass is 15.0. The monoisotopic (exact) mass is 256 g/mol. The van der Waals surface area contributed by atoms with Crippen molar-refractivity contribution >= 4 is 11.5 Å². The highest BCUT2D eigenvalue weighted by Gasteiger charge is 2.10. The van der Waals surface area contributed by atoms with Crippen LogP contribution in [0.3, 0.4) is 0 Å². The zero-order valence-corrected chi connectivity index (χ0v) is 11.6. The average Bonchev–Trinajstić information content (AvgIpc) is 2.39. The minimum atomic E-state index is 0.108. The Bertz CT molecular complexity index is 551. The molecule has 1 unspecified atom stereocenters. The normalized spacial score (nSPS) is 12.4. The van der Waals surface area contributed by atoms with E-state index in [1.54, 1.807) is 6.33 Å². The summed E-state index contributed by atoms with van der Waals surface area (Å²) in [6.45, 7) is 6.30. The molecule has 0 aliphatic carbocycles. The largest absolute Gasteiger partial charge is 0.398 e. The summed E-state index contributed by atoms with van der Waals surface area (Å²) >= 11 is 0. The van der Waals surface area contributed by atoms with E-state index >= 15 is 0 Å². The highest BCUT2D eigenvalue weighted by molar-refractivity contribution is 5.51. The Morgan fingerprint density at radius 1 is 1.11 bits per heavy atom. The number of para-hydroxylation sites is 1. The molecule has 3 N–H and O–H groups in total. The second-order valence-corrected chi connectivity index (χ2v) is 4.98. The molecular formula is C15H20N4. The van der Waals surface area contributed by atoms with Gasteiger partial charge in [0.2, 0.25) is 0 Å². The first-order valence-corrected chi connectivity index (χ1v) is 6.51. The third-order valence-corrected chi connectivity index (χ3v) is 3.11. The molecule has 4 nitrogen and oxygen atoms in total. The van der Waals surface area contributed by atoms with Crippen molar-refractivity contribution in [2.45, 2.75) is 32.7 Å². The zero-order chi connectivity index (χ0) is 13.8. The molecule has 0 saturated carbocycles. The van der Waals surface area contributed by atoms with Gasteiger partial charge in [-0.1, -0.05) is 32.0 Å². The fourth-order valence-electron chi connectivity index (χ4n) is 1.97. The van der Waals surface area contributed by atoms with Crippen LogP contribution in [0, 0.1) is 0 Å². The van der Waals surface area contributed by atoms with Crippen LogP contribution < -0.4 is 11.1 Å². The Hall–Kier alpha value is -2.10. The van der Waals surface area contributed by atoms with Crippen molar-refractivity contribution in [3.8, 4) is 0 Å². The predicted octanol–water partition coefficient (Wildman–Crippen LogP) is 3.36. The van der Waals surface area contributed by atoms with Crippen molar-refractivity contribution in [1.29, 1.82) is 0 Å². The number of anilines is 2. The molecule has 0 aliphatic rings. The van der Waals surface area contributed by atoms with Crippen molar-refractivity contribution in [1.82, 2.24) is 9.97 Å². The molecule has 1 aromatic carbocycles. The van der Waals surface area contributed by atoms with E-state index in [-0.39, 0.29) is 6.04 Å². The van der Waals surface area contributed by atoms with E-state index < -0.39 is 0 Å². The van der Waals surface area contributed by atoms with Gasteiger partial charge in [-0.25, -0.2) is 9.97 Å². The van der Waals surface area contributed by atoms with Crippen LogP contribution in [-0.2, 0) is 0 Å². The van der Waals surface area contributed by atoms with E-state index in [1.807, 2.05) is 30.3 Å². The Kier molecular flexibility index (Phi) is 4.00. The molecule has 2 rings (SSSR count). The van der Waals surface area contributed by atoms with Gasteiger partial charge in [0.05, 0.1) is 6.04 Å². The van der Waals surface area contributed by atoms with Gasteiger partial charge in [0.15, 0.2) is 0 Å². The summed E-state index contributed by atoms with van der Waals surface area (Å²) in [6, 6.07) is 9.96. The Morgan fingerprint density at radius 3 is 2.53 bits per heavy atom. The van der Waals surface area contributed by atoms with Gasteiger partial charge in [-0.3, -0.25) is 0 Å². The Labute approximate surface area is 114 Å². The van der Waals surface area contributed by atoms with Gasteiger partial charge in [0.1, 0.15) is 12.1 Å². The maximum absolute atomic E-state index is 5.98. The van der Waals surface area contributed by atoms with Gasteiger partial charge < -0.3 is 11.1 Å². The predicted molar refractivity (Wildman–Crippen MR) is 79.0 cm³/mol. The third kappa shape index (κ3) is 3.22. The summed E-state index contributed by atoms with van der Waals surface area (Å²) in [5.41, 5.74) is 8.88. The number of benzene rings is 1. The van der Waals surface area contributed by atoms with Gasteiger partial charge in [-0.2, -0.15) is 0 Å². The minimum absolute atomic E-state index is 0.108. The van der Waals surface area contributed by atoms with Crippen LogP contribution in [0.5, 0.6) is 0 Å². The quantitative estimate of drug-likeness (QED) is 0.823. The number of rotatable bonds is 4. The van der Waals surface area contributed by atoms with Crippen LogP contribution in [0.15, 0.2) is 36.7 Å². The van der Waals surface area contributed by atoms with Gasteiger partial charge in [-0.05, 0) is 24.5 Å². The van der Waals surface area contributed by atoms with E-state index in [0.717, 1.165) is 22.8 Å². The van der Waals surface area contributed by atoms with Crippen LogP contribution in [0.2, 0.25) is 0 Å². The van der Waals surface area contributed by atoms with Crippen LogP contribution >= 0.6 is 0 Å². The molecule has 100 valence electrons. The van der Waals surface area contributed by atoms with E-state index in [2.05, 4.69) is 36.1 Å². The molecule has 0 fully saturated rings. The first kappa shape index (κ1) is 13.3. The molecule has 0 bridgehead atoms. The summed E-state index contributed by atoms with van der Waals surface area (Å²) in [7, 11) is 0. The third-order valence-electron chi connectivity index (χ3n) is 3.11. The Balaban J connectivity index is 2.17. The molecule has 0 spiro atoms. The molecule has 1 heterocycles. The second-order valence-electron chi connectivity index (χ2n) is 4.98. The van der Waals surface area contributed by atoms with Gasteiger partial charge in [0, 0.05) is 17.4 Å². The summed E-state index contributed by atoms with van der Waals surface area (Å²) < 4.78 is 0. The number of nitrogens with two attached hydrogens (primary N) is 1. The van der Waals surface area contributed by atoms with E-state index in [4.69, 9.17) is 5.73 Å². The summed E-state index contributed by atoms with van der Waals surface area (Å²) in [6.07, 6.45) is 1.60. The molecule has 1 aromatic heterocycles. The van der Waals surface area contributed by atoms with Crippen molar-refractivity contribution in [3.05, 3.63) is 47.9 Å². The molecule has 2 aromatic rings. The number of hydrogen-bond acceptors (Lipinski definition) is 4. The number of aromatic nitrogens is 2. The zero-order valence-electron chi connectivity index (χ0n) is 11.6. The Morgan fingerprint density at radius 2 is 1.84 bits per heavy atom. The SMILES string of the molecule is CC(C)c1cc(NC(C)c2ccccc2N)ncn1. The lowest BCUT2D eigenvalue weighted by molar-refractivity contribution is 0.807. The number of nitrogens with zero attached hydrogens (tertiary/aromatic N) is 2. The molecule has 0 aliphatic heterocycles. The standard InChI is InChI=1S/C15H20N4/c1-10(2)14-8-15(18-9-17-14)19-11(3)12-6-4-5-7-13(12)16/h4-11H,16H2,1-3H3,(H,17,18,19). The lowest BCUT2D eigenvalue weighted by atomic mass is 10.1. The summed E-state index contributed by atoms with van der Waals surface area (Å²) in [5, 5.41) is 3.36. The minimum Gasteiger partial charge on any atom is -0.398 e. The van der Waals surface area contributed by atoms with Crippen molar-refractivity contribution < 1.29 is 0 Å². The lowest BCUT2D eigenvalue weighted by Crippen LogP contribution is -2.10. The summed E-state index contributed by atoms with van der Waals surface area (Å²) in [4.78, 5) is 8.51. The maximum Gasteiger partial charge on any atom is 0.130 e. The topological polar surface area (TPSA) is 63.8 Å². The molecular weight excluding hydrogens is 236 g/mol. The van der Waals surface area contributed by atoms with Crippen molar-refractivity contribution in [2.75, 3.05) is 11.1 Å². The second kappa shape index (κ2) is 5.69. The summed E-state index contributed by atoms with van der Waals surface area (Å²) in [5.74, 6) is 1.22. The number of hydrogen-bond donors (Lipinski definition) is 2. The maximum atomic E-state index is 5.98. The van der Waals surface area contributed by atoms with Gasteiger partial charge in [-0.15, -0.1) is 0 Å². The highest BCUT2D eigenvalue weighted by Crippen LogP contribution is 2.23. The van der Waals surface area contributed by atoms with Crippen LogP contribution in [-0.4, -0.2) is 9.97 Å². The molecule has 19 heavy (non-hydrogen) atoms. The van der Waals surface area contributed by atoms with E-state index in [9.17, 15) is 0 Å². The van der Waals surface area contributed by atoms with Gasteiger partial charge in [0.25, 0.3) is 0 Å². The molecule has 0 amide bonds. The van der Waals surface area contributed by atoms with Crippen molar-refractivity contribution in [3.63, 3.8) is 0 Å². The van der Waals surface area contributed by atoms with Crippen LogP contribution in [0.25, 0.3) is 0 Å². The fraction of sp³-hybridized carbons (Fsp3) is 0.333. The van der Waals surface area contributed by atoms with Crippen molar-refractivity contribution in [2.24, 2.45) is 0 Å². The fourth-order valence-corrected chi connectivity index (χ4v) is 1.97. The van der Waals surface area contributed by atoms with Gasteiger partial charge >= 0.3 is 0 Å². The average molecular weight is 256 g/mol. The van der Waals surface area contributed by atoms with Crippen LogP contribution in [0.1, 0.15) is 44.0 Å². The van der Waals surface area contributed by atoms with E-state index in [1.165, 1.54) is 0 Å². The van der Waals surface area contributed by atoms with Crippen LogP contribution in [0.4, 0.5) is 11.5 Å². The van der Waals surface area contributed by atoms with E-state index in [0.29, 0.717) is 5.92 Å². The first-order chi connectivity index (χ1) is 9.08. The molecule has 1 atom stereocenters. The lowest BCUT2D eigenvalue weighted by Gasteiger charge is -2.17. The molecule has 4 heteroatoms. The molecule has 0 radical (unpaired) electrons. The smallest absolute Gasteiger partial charge is 0.130 e. The molecule has 0 saturated heterocycles.